The Kier molecular flexibility index (Phi) is 2.88. The topological polar surface area (TPSA) is 56.0 Å². The van der Waals surface area contributed by atoms with E-state index in [0.717, 1.165) is 0 Å². The van der Waals surface area contributed by atoms with Crippen LogP contribution >= 0.6 is 11.6 Å². The summed E-state index contributed by atoms with van der Waals surface area (Å²) < 4.78 is 0. The number of nitrogens with two attached hydrogens (primary N) is 1. The van der Waals surface area contributed by atoms with Crippen LogP contribution in [0.25, 0.3) is 0 Å². The molecule has 0 atom stereocenters. The lowest BCUT2D eigenvalue weighted by atomic mass is 10.0. The van der Waals surface area contributed by atoms with Crippen LogP contribution < -0.4 is 5.73 Å². The summed E-state index contributed by atoms with van der Waals surface area (Å²) in [5.41, 5.74) is 7.08. The average molecular weight is 233 g/mol. The number of hydrogen-bond acceptors (Lipinski definition) is 3. The molecule has 1 aromatic heterocycles. The summed E-state index contributed by atoms with van der Waals surface area (Å²) in [4.78, 5) is 15.9. The Morgan fingerprint density at radius 2 is 1.88 bits per heavy atom. The van der Waals surface area contributed by atoms with Crippen molar-refractivity contribution in [2.45, 2.75) is 0 Å². The molecule has 0 saturated carbocycles. The predicted octanol–water partition coefficient (Wildman–Crippen LogP) is 2.55. The Morgan fingerprint density at radius 1 is 1.19 bits per heavy atom. The van der Waals surface area contributed by atoms with E-state index in [1.807, 2.05) is 0 Å². The SMILES string of the molecule is Nc1ccncc1C(=O)c1ccc(Cl)cc1. The number of benzene rings is 1. The van der Waals surface area contributed by atoms with Crippen molar-refractivity contribution in [3.63, 3.8) is 0 Å². The van der Waals surface area contributed by atoms with Gasteiger partial charge in [0.1, 0.15) is 0 Å². The third-order valence-electron chi connectivity index (χ3n) is 2.21. The summed E-state index contributed by atoms with van der Waals surface area (Å²) in [6.07, 6.45) is 3.01. The fourth-order valence-corrected chi connectivity index (χ4v) is 1.48. The summed E-state index contributed by atoms with van der Waals surface area (Å²) >= 11 is 5.75. The smallest absolute Gasteiger partial charge is 0.196 e. The Hall–Kier alpha value is -1.87. The summed E-state index contributed by atoms with van der Waals surface area (Å²) in [6.45, 7) is 0. The highest BCUT2D eigenvalue weighted by Gasteiger charge is 2.11. The van der Waals surface area contributed by atoms with Crippen molar-refractivity contribution in [2.75, 3.05) is 5.73 Å². The first-order valence-corrected chi connectivity index (χ1v) is 5.06. The van der Waals surface area contributed by atoms with Gasteiger partial charge in [0.15, 0.2) is 5.78 Å². The Labute approximate surface area is 97.9 Å². The molecule has 2 rings (SSSR count). The van der Waals surface area contributed by atoms with Crippen molar-refractivity contribution in [1.29, 1.82) is 0 Å². The van der Waals surface area contributed by atoms with Gasteiger partial charge in [0.25, 0.3) is 0 Å². The maximum Gasteiger partial charge on any atom is 0.196 e. The molecule has 16 heavy (non-hydrogen) atoms. The zero-order valence-electron chi connectivity index (χ0n) is 8.35. The molecule has 0 spiro atoms. The minimum absolute atomic E-state index is 0.151. The molecule has 0 aliphatic rings. The molecule has 0 amide bonds. The first-order chi connectivity index (χ1) is 7.68. The number of carbonyl (C=O) groups is 1. The fraction of sp³-hybridized carbons (Fsp3) is 0. The first kappa shape index (κ1) is 10.6. The van der Waals surface area contributed by atoms with Crippen LogP contribution in [0.1, 0.15) is 15.9 Å². The Morgan fingerprint density at radius 3 is 2.50 bits per heavy atom. The molecule has 0 unspecified atom stereocenters. The highest BCUT2D eigenvalue weighted by atomic mass is 35.5. The van der Waals surface area contributed by atoms with Crippen molar-refractivity contribution < 1.29 is 4.79 Å². The lowest BCUT2D eigenvalue weighted by Crippen LogP contribution is -2.05. The van der Waals surface area contributed by atoms with Gasteiger partial charge in [-0.1, -0.05) is 11.6 Å². The molecule has 1 aromatic carbocycles. The van der Waals surface area contributed by atoms with Crippen LogP contribution in [0.4, 0.5) is 5.69 Å². The van der Waals surface area contributed by atoms with Gasteiger partial charge in [-0.05, 0) is 30.3 Å². The summed E-state index contributed by atoms with van der Waals surface area (Å²) in [5.74, 6) is -0.151. The Bertz CT molecular complexity index is 523. The van der Waals surface area contributed by atoms with Gasteiger partial charge in [0.2, 0.25) is 0 Å². The van der Waals surface area contributed by atoms with Gasteiger partial charge in [0, 0.05) is 28.7 Å². The summed E-state index contributed by atoms with van der Waals surface area (Å²) in [7, 11) is 0. The van der Waals surface area contributed by atoms with Gasteiger partial charge < -0.3 is 5.73 Å². The van der Waals surface area contributed by atoms with E-state index in [1.165, 1.54) is 6.20 Å². The van der Waals surface area contributed by atoms with Crippen LogP contribution in [0.15, 0.2) is 42.7 Å². The monoisotopic (exact) mass is 232 g/mol. The molecule has 2 N–H and O–H groups in total. The van der Waals surface area contributed by atoms with Gasteiger partial charge in [-0.2, -0.15) is 0 Å². The fourth-order valence-electron chi connectivity index (χ4n) is 1.35. The highest BCUT2D eigenvalue weighted by molar-refractivity contribution is 6.30. The Balaban J connectivity index is 2.40. The first-order valence-electron chi connectivity index (χ1n) is 4.68. The van der Waals surface area contributed by atoms with E-state index in [0.29, 0.717) is 21.8 Å². The largest absolute Gasteiger partial charge is 0.398 e. The van der Waals surface area contributed by atoms with Crippen LogP contribution in [-0.2, 0) is 0 Å². The average Bonchev–Trinajstić information content (AvgIpc) is 2.30. The second-order valence-electron chi connectivity index (χ2n) is 3.30. The number of nitrogens with zero attached hydrogens (tertiary/aromatic N) is 1. The molecule has 0 aliphatic heterocycles. The van der Waals surface area contributed by atoms with E-state index < -0.39 is 0 Å². The van der Waals surface area contributed by atoms with Gasteiger partial charge in [-0.3, -0.25) is 9.78 Å². The van der Waals surface area contributed by atoms with E-state index in [9.17, 15) is 4.79 Å². The maximum atomic E-state index is 12.0. The second-order valence-corrected chi connectivity index (χ2v) is 3.74. The number of nitrogen functional groups attached to an aromatic ring is 1. The van der Waals surface area contributed by atoms with Crippen LogP contribution in [0.2, 0.25) is 5.02 Å². The van der Waals surface area contributed by atoms with Crippen molar-refractivity contribution in [1.82, 2.24) is 4.98 Å². The van der Waals surface area contributed by atoms with E-state index in [2.05, 4.69) is 4.98 Å². The molecule has 80 valence electrons. The molecule has 3 nitrogen and oxygen atoms in total. The number of anilines is 1. The molecule has 1 heterocycles. The zero-order valence-corrected chi connectivity index (χ0v) is 9.11. The van der Waals surface area contributed by atoms with Crippen LogP contribution in [0.3, 0.4) is 0 Å². The van der Waals surface area contributed by atoms with Crippen LogP contribution in [-0.4, -0.2) is 10.8 Å². The summed E-state index contributed by atoms with van der Waals surface area (Å²) in [6, 6.07) is 8.26. The van der Waals surface area contributed by atoms with E-state index in [1.54, 1.807) is 36.5 Å². The number of halogens is 1. The van der Waals surface area contributed by atoms with Crippen molar-refractivity contribution >= 4 is 23.1 Å². The summed E-state index contributed by atoms with van der Waals surface area (Å²) in [5, 5.41) is 0.593. The zero-order chi connectivity index (χ0) is 11.5. The molecule has 0 bridgehead atoms. The number of ketones is 1. The van der Waals surface area contributed by atoms with E-state index in [4.69, 9.17) is 17.3 Å². The van der Waals surface area contributed by atoms with E-state index in [-0.39, 0.29) is 5.78 Å². The molecule has 4 heteroatoms. The molecule has 0 radical (unpaired) electrons. The molecular weight excluding hydrogens is 224 g/mol. The van der Waals surface area contributed by atoms with Crippen molar-refractivity contribution in [3.8, 4) is 0 Å². The molecule has 0 saturated heterocycles. The molecular formula is C12H9ClN2O. The maximum absolute atomic E-state index is 12.0. The predicted molar refractivity (Wildman–Crippen MR) is 63.5 cm³/mol. The number of pyridine rings is 1. The number of carbonyl (C=O) groups excluding carboxylic acids is 1. The second kappa shape index (κ2) is 4.33. The van der Waals surface area contributed by atoms with E-state index >= 15 is 0 Å². The third kappa shape index (κ3) is 2.04. The van der Waals surface area contributed by atoms with Crippen LogP contribution in [0.5, 0.6) is 0 Å². The molecule has 2 aromatic rings. The molecule has 0 aliphatic carbocycles. The van der Waals surface area contributed by atoms with Gasteiger partial charge in [0.05, 0.1) is 5.56 Å². The number of aromatic nitrogens is 1. The quantitative estimate of drug-likeness (QED) is 0.810. The van der Waals surface area contributed by atoms with Crippen LogP contribution in [0, 0.1) is 0 Å². The standard InChI is InChI=1S/C12H9ClN2O/c13-9-3-1-8(2-4-9)12(16)10-7-15-6-5-11(10)14/h1-7H,(H2,14,15). The van der Waals surface area contributed by atoms with Crippen molar-refractivity contribution in [2.24, 2.45) is 0 Å². The normalized spacial score (nSPS) is 10.1. The number of hydrogen-bond donors (Lipinski definition) is 1. The molecule has 0 fully saturated rings. The lowest BCUT2D eigenvalue weighted by Gasteiger charge is -2.03. The highest BCUT2D eigenvalue weighted by Crippen LogP contribution is 2.16. The minimum Gasteiger partial charge on any atom is -0.398 e. The van der Waals surface area contributed by atoms with Gasteiger partial charge in [-0.25, -0.2) is 0 Å². The third-order valence-corrected chi connectivity index (χ3v) is 2.46. The van der Waals surface area contributed by atoms with Crippen molar-refractivity contribution in [3.05, 3.63) is 58.9 Å². The van der Waals surface area contributed by atoms with Gasteiger partial charge >= 0.3 is 0 Å². The lowest BCUT2D eigenvalue weighted by molar-refractivity contribution is 0.103. The van der Waals surface area contributed by atoms with Gasteiger partial charge in [-0.15, -0.1) is 0 Å². The number of rotatable bonds is 2. The minimum atomic E-state index is -0.151.